The molecule has 0 aliphatic rings. The van der Waals surface area contributed by atoms with E-state index < -0.39 is 5.97 Å². The zero-order valence-electron chi connectivity index (χ0n) is 9.93. The molecule has 0 spiro atoms. The van der Waals surface area contributed by atoms with Crippen LogP contribution in [0.25, 0.3) is 10.8 Å². The molecule has 18 heavy (non-hydrogen) atoms. The third kappa shape index (κ3) is 2.71. The van der Waals surface area contributed by atoms with Crippen molar-refractivity contribution in [3.8, 4) is 5.75 Å². The molecule has 4 nitrogen and oxygen atoms in total. The van der Waals surface area contributed by atoms with E-state index in [1.165, 1.54) is 0 Å². The number of benzene rings is 2. The van der Waals surface area contributed by atoms with Crippen LogP contribution in [-0.2, 0) is 4.79 Å². The van der Waals surface area contributed by atoms with E-state index in [0.29, 0.717) is 18.7 Å². The second-order valence-corrected chi connectivity index (χ2v) is 4.04. The van der Waals surface area contributed by atoms with Gasteiger partial charge in [-0.3, -0.25) is 4.79 Å². The molecule has 0 unspecified atom stereocenters. The van der Waals surface area contributed by atoms with E-state index in [-0.39, 0.29) is 6.42 Å². The summed E-state index contributed by atoms with van der Waals surface area (Å²) >= 11 is 0. The van der Waals surface area contributed by atoms with Crippen molar-refractivity contribution in [1.29, 1.82) is 0 Å². The van der Waals surface area contributed by atoms with E-state index in [0.717, 1.165) is 16.5 Å². The number of carboxylic acids is 1. The molecule has 0 amide bonds. The fourth-order valence-corrected chi connectivity index (χ4v) is 1.83. The first kappa shape index (κ1) is 12.2. The largest absolute Gasteiger partial charge is 0.493 e. The molecule has 0 saturated heterocycles. The highest BCUT2D eigenvalue weighted by Gasteiger charge is 2.04. The molecule has 2 rings (SSSR count). The third-order valence-corrected chi connectivity index (χ3v) is 2.71. The molecule has 3 N–H and O–H groups in total. The highest BCUT2D eigenvalue weighted by molar-refractivity contribution is 5.96. The summed E-state index contributed by atoms with van der Waals surface area (Å²) in [6.07, 6.45) is 0.612. The number of anilines is 1. The van der Waals surface area contributed by atoms with Gasteiger partial charge < -0.3 is 15.6 Å². The van der Waals surface area contributed by atoms with Gasteiger partial charge in [0, 0.05) is 22.9 Å². The lowest BCUT2D eigenvalue weighted by Gasteiger charge is -2.10. The average Bonchev–Trinajstić information content (AvgIpc) is 2.37. The van der Waals surface area contributed by atoms with Gasteiger partial charge in [-0.05, 0) is 18.6 Å². The van der Waals surface area contributed by atoms with Gasteiger partial charge in [-0.1, -0.05) is 24.3 Å². The van der Waals surface area contributed by atoms with E-state index in [9.17, 15) is 4.79 Å². The van der Waals surface area contributed by atoms with Crippen LogP contribution < -0.4 is 10.5 Å². The monoisotopic (exact) mass is 245 g/mol. The van der Waals surface area contributed by atoms with Gasteiger partial charge in [-0.25, -0.2) is 0 Å². The van der Waals surface area contributed by atoms with E-state index in [4.69, 9.17) is 15.6 Å². The third-order valence-electron chi connectivity index (χ3n) is 2.71. The minimum absolute atomic E-state index is 0.118. The number of nitrogen functional groups attached to an aromatic ring is 1. The molecule has 0 fully saturated rings. The van der Waals surface area contributed by atoms with Crippen molar-refractivity contribution in [2.45, 2.75) is 12.8 Å². The summed E-state index contributed by atoms with van der Waals surface area (Å²) in [5.74, 6) is -0.0639. The molecule has 0 saturated carbocycles. The van der Waals surface area contributed by atoms with Crippen molar-refractivity contribution in [2.24, 2.45) is 0 Å². The van der Waals surface area contributed by atoms with Gasteiger partial charge in [0.25, 0.3) is 0 Å². The zero-order chi connectivity index (χ0) is 13.0. The highest BCUT2D eigenvalue weighted by atomic mass is 16.5. The van der Waals surface area contributed by atoms with Gasteiger partial charge >= 0.3 is 5.97 Å². The molecule has 0 atom stereocenters. The molecule has 0 aliphatic carbocycles. The van der Waals surface area contributed by atoms with Crippen LogP contribution >= 0.6 is 0 Å². The van der Waals surface area contributed by atoms with Gasteiger partial charge in [0.05, 0.1) is 6.61 Å². The maximum Gasteiger partial charge on any atom is 0.303 e. The first-order valence-electron chi connectivity index (χ1n) is 5.80. The molecule has 4 heteroatoms. The maximum absolute atomic E-state index is 10.4. The number of nitrogens with two attached hydrogens (primary N) is 1. The molecule has 94 valence electrons. The minimum Gasteiger partial charge on any atom is -0.493 e. The van der Waals surface area contributed by atoms with Crippen LogP contribution in [0.4, 0.5) is 5.69 Å². The molecular formula is C14H15NO3. The second-order valence-electron chi connectivity index (χ2n) is 4.04. The summed E-state index contributed by atoms with van der Waals surface area (Å²) in [4.78, 5) is 10.4. The number of carbonyl (C=O) groups is 1. The lowest BCUT2D eigenvalue weighted by atomic mass is 10.1. The lowest BCUT2D eigenvalue weighted by Crippen LogP contribution is -2.02. The Morgan fingerprint density at radius 3 is 2.61 bits per heavy atom. The van der Waals surface area contributed by atoms with Crippen LogP contribution in [0.3, 0.4) is 0 Å². The average molecular weight is 245 g/mol. The molecular weight excluding hydrogens is 230 g/mol. The van der Waals surface area contributed by atoms with Crippen LogP contribution in [0.5, 0.6) is 5.75 Å². The van der Waals surface area contributed by atoms with Crippen molar-refractivity contribution >= 4 is 22.4 Å². The second kappa shape index (κ2) is 5.40. The summed E-state index contributed by atoms with van der Waals surface area (Å²) in [7, 11) is 0. The number of hydrogen-bond donors (Lipinski definition) is 2. The van der Waals surface area contributed by atoms with E-state index >= 15 is 0 Å². The lowest BCUT2D eigenvalue weighted by molar-refractivity contribution is -0.137. The van der Waals surface area contributed by atoms with E-state index in [1.54, 1.807) is 6.07 Å². The molecule has 0 aliphatic heterocycles. The first-order chi connectivity index (χ1) is 8.68. The number of aliphatic carboxylic acids is 1. The summed E-state index contributed by atoms with van der Waals surface area (Å²) in [5.41, 5.74) is 6.60. The number of ether oxygens (including phenoxy) is 1. The van der Waals surface area contributed by atoms with Gasteiger partial charge in [0.15, 0.2) is 0 Å². The molecule has 0 aromatic heterocycles. The van der Waals surface area contributed by atoms with Gasteiger partial charge in [0.2, 0.25) is 0 Å². The van der Waals surface area contributed by atoms with Crippen LogP contribution in [0.1, 0.15) is 12.8 Å². The van der Waals surface area contributed by atoms with Crippen LogP contribution in [0, 0.1) is 0 Å². The van der Waals surface area contributed by atoms with Crippen molar-refractivity contribution < 1.29 is 14.6 Å². The fourth-order valence-electron chi connectivity index (χ4n) is 1.83. The Bertz CT molecular complexity index is 566. The quantitative estimate of drug-likeness (QED) is 0.627. The molecule has 2 aromatic carbocycles. The fraction of sp³-hybridized carbons (Fsp3) is 0.214. The molecule has 0 radical (unpaired) electrons. The van der Waals surface area contributed by atoms with E-state index in [1.807, 2.05) is 30.3 Å². The van der Waals surface area contributed by atoms with Crippen molar-refractivity contribution in [1.82, 2.24) is 0 Å². The standard InChI is InChI=1S/C14H15NO3/c15-12-7-8-13(18-9-3-6-14(16)17)11-5-2-1-4-10(11)12/h1-2,4-5,7-8H,3,6,9,15H2,(H,16,17). The Morgan fingerprint density at radius 2 is 1.89 bits per heavy atom. The van der Waals surface area contributed by atoms with Gasteiger partial charge in [0.1, 0.15) is 5.75 Å². The Labute approximate surface area is 105 Å². The Hall–Kier alpha value is -2.23. The SMILES string of the molecule is Nc1ccc(OCCCC(=O)O)c2ccccc12. The topological polar surface area (TPSA) is 72.5 Å². The summed E-state index contributed by atoms with van der Waals surface area (Å²) in [5, 5.41) is 10.5. The Morgan fingerprint density at radius 1 is 1.17 bits per heavy atom. The van der Waals surface area contributed by atoms with E-state index in [2.05, 4.69) is 0 Å². The normalized spacial score (nSPS) is 10.4. The predicted octanol–water partition coefficient (Wildman–Crippen LogP) is 2.67. The van der Waals surface area contributed by atoms with Crippen molar-refractivity contribution in [2.75, 3.05) is 12.3 Å². The predicted molar refractivity (Wildman–Crippen MR) is 70.7 cm³/mol. The Kier molecular flexibility index (Phi) is 3.67. The first-order valence-corrected chi connectivity index (χ1v) is 5.80. The Balaban J connectivity index is 2.14. The summed E-state index contributed by atoms with van der Waals surface area (Å²) in [6.45, 7) is 0.389. The minimum atomic E-state index is -0.805. The highest BCUT2D eigenvalue weighted by Crippen LogP contribution is 2.29. The van der Waals surface area contributed by atoms with Gasteiger partial charge in [-0.15, -0.1) is 0 Å². The molecule has 2 aromatic rings. The van der Waals surface area contributed by atoms with Crippen LogP contribution in [-0.4, -0.2) is 17.7 Å². The van der Waals surface area contributed by atoms with Gasteiger partial charge in [-0.2, -0.15) is 0 Å². The van der Waals surface area contributed by atoms with Crippen molar-refractivity contribution in [3.05, 3.63) is 36.4 Å². The number of rotatable bonds is 5. The maximum atomic E-state index is 10.4. The van der Waals surface area contributed by atoms with Crippen LogP contribution in [0.15, 0.2) is 36.4 Å². The summed E-state index contributed by atoms with van der Waals surface area (Å²) in [6, 6.07) is 11.3. The molecule has 0 heterocycles. The zero-order valence-corrected chi connectivity index (χ0v) is 9.93. The smallest absolute Gasteiger partial charge is 0.303 e. The van der Waals surface area contributed by atoms with Crippen LogP contribution in [0.2, 0.25) is 0 Å². The number of fused-ring (bicyclic) bond motifs is 1. The summed E-state index contributed by atoms with van der Waals surface area (Å²) < 4.78 is 5.61. The number of carboxylic acid groups (broad SMARTS) is 1. The number of hydrogen-bond acceptors (Lipinski definition) is 3. The molecule has 0 bridgehead atoms. The van der Waals surface area contributed by atoms with Crippen molar-refractivity contribution in [3.63, 3.8) is 0 Å².